The van der Waals surface area contributed by atoms with E-state index in [0.717, 1.165) is 25.7 Å². The monoisotopic (exact) mass is 205 g/mol. The van der Waals surface area contributed by atoms with Gasteiger partial charge in [-0.25, -0.2) is 4.98 Å². The van der Waals surface area contributed by atoms with Crippen LogP contribution in [-0.4, -0.2) is 23.9 Å². The van der Waals surface area contributed by atoms with Crippen LogP contribution < -0.4 is 11.1 Å². The minimum absolute atomic E-state index is 0.0305. The number of hydrogen-bond donors (Lipinski definition) is 2. The van der Waals surface area contributed by atoms with Gasteiger partial charge in [0.05, 0.1) is 6.04 Å². The summed E-state index contributed by atoms with van der Waals surface area (Å²) < 4.78 is 0. The molecule has 0 amide bonds. The van der Waals surface area contributed by atoms with Crippen LogP contribution in [0.2, 0.25) is 0 Å². The summed E-state index contributed by atoms with van der Waals surface area (Å²) in [6, 6.07) is 3.86. The number of pyridine rings is 1. The lowest BCUT2D eigenvalue weighted by atomic mass is 9.90. The molecule has 0 aliphatic carbocycles. The molecule has 1 fully saturated rings. The lowest BCUT2D eigenvalue weighted by molar-refractivity contribution is -0.110. The highest BCUT2D eigenvalue weighted by Crippen LogP contribution is 2.24. The van der Waals surface area contributed by atoms with Crippen molar-refractivity contribution >= 4 is 12.1 Å². The van der Waals surface area contributed by atoms with Gasteiger partial charge in [-0.2, -0.15) is 0 Å². The predicted molar refractivity (Wildman–Crippen MR) is 58.5 cm³/mol. The highest BCUT2D eigenvalue weighted by atomic mass is 16.1. The molecule has 0 aromatic carbocycles. The topological polar surface area (TPSA) is 68.0 Å². The highest BCUT2D eigenvalue weighted by molar-refractivity contribution is 5.57. The molecule has 1 aliphatic rings. The maximum atomic E-state index is 10.6. The minimum Gasteiger partial charge on any atom is -0.384 e. The average Bonchev–Trinajstić information content (AvgIpc) is 2.30. The predicted octanol–water partition coefficient (Wildman–Crippen LogP) is 0.698. The number of anilines is 1. The fourth-order valence-electron chi connectivity index (χ4n) is 1.94. The largest absolute Gasteiger partial charge is 0.384 e. The maximum absolute atomic E-state index is 10.6. The second-order valence-electron chi connectivity index (χ2n) is 3.94. The van der Waals surface area contributed by atoms with Gasteiger partial charge in [0.25, 0.3) is 0 Å². The van der Waals surface area contributed by atoms with Crippen LogP contribution in [0, 0.1) is 0 Å². The minimum atomic E-state index is 0.0305. The van der Waals surface area contributed by atoms with Crippen molar-refractivity contribution in [1.82, 2.24) is 10.3 Å². The number of hydrogen-bond acceptors (Lipinski definition) is 4. The first-order chi connectivity index (χ1) is 7.29. The van der Waals surface area contributed by atoms with Gasteiger partial charge in [0.1, 0.15) is 12.1 Å². The van der Waals surface area contributed by atoms with Gasteiger partial charge in [-0.1, -0.05) is 6.07 Å². The molecule has 1 aromatic heterocycles. The molecule has 1 saturated heterocycles. The Kier molecular flexibility index (Phi) is 2.97. The number of carbonyl (C=O) groups is 1. The molecular weight excluding hydrogens is 190 g/mol. The maximum Gasteiger partial charge on any atom is 0.136 e. The number of aromatic nitrogens is 1. The molecule has 1 aromatic rings. The Morgan fingerprint density at radius 2 is 2.33 bits per heavy atom. The van der Waals surface area contributed by atoms with Crippen molar-refractivity contribution in [3.05, 3.63) is 23.9 Å². The number of carbonyl (C=O) groups excluding carboxylic acids is 1. The first-order valence-electron chi connectivity index (χ1n) is 5.19. The molecule has 4 nitrogen and oxygen atoms in total. The molecule has 2 heterocycles. The molecule has 0 radical (unpaired) electrons. The van der Waals surface area contributed by atoms with Gasteiger partial charge in [0.2, 0.25) is 0 Å². The second kappa shape index (κ2) is 4.40. The quantitative estimate of drug-likeness (QED) is 0.697. The molecule has 2 unspecified atom stereocenters. The van der Waals surface area contributed by atoms with E-state index in [-0.39, 0.29) is 6.04 Å². The smallest absolute Gasteiger partial charge is 0.136 e. The second-order valence-corrected chi connectivity index (χ2v) is 3.94. The molecule has 15 heavy (non-hydrogen) atoms. The third kappa shape index (κ3) is 2.33. The van der Waals surface area contributed by atoms with E-state index in [0.29, 0.717) is 11.7 Å². The van der Waals surface area contributed by atoms with Gasteiger partial charge < -0.3 is 15.8 Å². The Morgan fingerprint density at radius 1 is 1.47 bits per heavy atom. The number of rotatable bonds is 2. The van der Waals surface area contributed by atoms with E-state index in [1.807, 2.05) is 18.3 Å². The van der Waals surface area contributed by atoms with Crippen molar-refractivity contribution in [2.24, 2.45) is 0 Å². The van der Waals surface area contributed by atoms with Crippen molar-refractivity contribution in [2.45, 2.75) is 24.8 Å². The van der Waals surface area contributed by atoms with E-state index in [1.54, 1.807) is 0 Å². The summed E-state index contributed by atoms with van der Waals surface area (Å²) >= 11 is 0. The molecule has 0 bridgehead atoms. The average molecular weight is 205 g/mol. The van der Waals surface area contributed by atoms with Crippen LogP contribution in [0.1, 0.15) is 24.3 Å². The van der Waals surface area contributed by atoms with E-state index in [2.05, 4.69) is 10.3 Å². The van der Waals surface area contributed by atoms with Gasteiger partial charge in [0, 0.05) is 12.7 Å². The summed E-state index contributed by atoms with van der Waals surface area (Å²) in [5, 5.41) is 3.20. The standard InChI is InChI=1S/C11H15N3O/c12-11-4-2-9(6-14-11)8-1-3-10(7-15)13-5-8/h2,4,6-8,10,13H,1,3,5H2,(H2,12,14). The fraction of sp³-hybridized carbons (Fsp3) is 0.455. The van der Waals surface area contributed by atoms with E-state index >= 15 is 0 Å². The van der Waals surface area contributed by atoms with Gasteiger partial charge in [-0.3, -0.25) is 0 Å². The summed E-state index contributed by atoms with van der Waals surface area (Å²) in [7, 11) is 0. The zero-order valence-electron chi connectivity index (χ0n) is 8.52. The Hall–Kier alpha value is -1.42. The van der Waals surface area contributed by atoms with Crippen LogP contribution in [0.25, 0.3) is 0 Å². The van der Waals surface area contributed by atoms with Crippen LogP contribution in [0.3, 0.4) is 0 Å². The molecule has 80 valence electrons. The summed E-state index contributed by atoms with van der Waals surface area (Å²) in [5.74, 6) is 1.00. The Morgan fingerprint density at radius 3 is 2.87 bits per heavy atom. The highest BCUT2D eigenvalue weighted by Gasteiger charge is 2.21. The number of nitrogens with one attached hydrogen (secondary N) is 1. The lowest BCUT2D eigenvalue weighted by Crippen LogP contribution is -2.38. The van der Waals surface area contributed by atoms with Crippen LogP contribution >= 0.6 is 0 Å². The van der Waals surface area contributed by atoms with E-state index in [1.165, 1.54) is 5.56 Å². The summed E-state index contributed by atoms with van der Waals surface area (Å²) in [6.45, 7) is 0.842. The number of nitrogens with two attached hydrogens (primary N) is 1. The van der Waals surface area contributed by atoms with Crippen molar-refractivity contribution in [3.8, 4) is 0 Å². The first-order valence-corrected chi connectivity index (χ1v) is 5.19. The Balaban J connectivity index is 2.01. The molecule has 2 atom stereocenters. The molecule has 2 rings (SSSR count). The van der Waals surface area contributed by atoms with Crippen molar-refractivity contribution in [1.29, 1.82) is 0 Å². The molecule has 4 heteroatoms. The Bertz CT molecular complexity index is 328. The van der Waals surface area contributed by atoms with Gasteiger partial charge in [-0.15, -0.1) is 0 Å². The van der Waals surface area contributed by atoms with Crippen molar-refractivity contribution < 1.29 is 4.79 Å². The Labute approximate surface area is 88.9 Å². The van der Waals surface area contributed by atoms with Crippen molar-refractivity contribution in [3.63, 3.8) is 0 Å². The van der Waals surface area contributed by atoms with Crippen molar-refractivity contribution in [2.75, 3.05) is 12.3 Å². The summed E-state index contributed by atoms with van der Waals surface area (Å²) in [4.78, 5) is 14.6. The molecule has 1 aliphatic heterocycles. The number of nitrogen functional groups attached to an aromatic ring is 1. The van der Waals surface area contributed by atoms with E-state index in [9.17, 15) is 4.79 Å². The zero-order chi connectivity index (χ0) is 10.7. The fourth-order valence-corrected chi connectivity index (χ4v) is 1.94. The van der Waals surface area contributed by atoms with Gasteiger partial charge in [-0.05, 0) is 30.4 Å². The SMILES string of the molecule is Nc1ccc(C2CCC(C=O)NC2)cn1. The third-order valence-electron chi connectivity index (χ3n) is 2.90. The van der Waals surface area contributed by atoms with Crippen LogP contribution in [-0.2, 0) is 4.79 Å². The number of nitrogens with zero attached hydrogens (tertiary/aromatic N) is 1. The van der Waals surface area contributed by atoms with E-state index < -0.39 is 0 Å². The normalized spacial score (nSPS) is 26.1. The number of piperidine rings is 1. The van der Waals surface area contributed by atoms with Crippen LogP contribution in [0.15, 0.2) is 18.3 Å². The molecular formula is C11H15N3O. The number of aldehydes is 1. The summed E-state index contributed by atoms with van der Waals surface area (Å²) in [5.41, 5.74) is 6.72. The van der Waals surface area contributed by atoms with Crippen LogP contribution in [0.4, 0.5) is 5.82 Å². The third-order valence-corrected chi connectivity index (χ3v) is 2.90. The molecule has 3 N–H and O–H groups in total. The summed E-state index contributed by atoms with van der Waals surface area (Å²) in [6.07, 6.45) is 4.74. The molecule has 0 spiro atoms. The first kappa shape index (κ1) is 10.1. The lowest BCUT2D eigenvalue weighted by Gasteiger charge is -2.26. The van der Waals surface area contributed by atoms with E-state index in [4.69, 9.17) is 5.73 Å². The van der Waals surface area contributed by atoms with Crippen LogP contribution in [0.5, 0.6) is 0 Å². The van der Waals surface area contributed by atoms with Gasteiger partial charge in [0.15, 0.2) is 0 Å². The zero-order valence-corrected chi connectivity index (χ0v) is 8.52. The molecule has 0 saturated carbocycles. The van der Waals surface area contributed by atoms with Gasteiger partial charge >= 0.3 is 0 Å².